The van der Waals surface area contributed by atoms with Gasteiger partial charge in [0.05, 0.1) is 6.61 Å². The van der Waals surface area contributed by atoms with Gasteiger partial charge in [0, 0.05) is 17.5 Å². The lowest BCUT2D eigenvalue weighted by Gasteiger charge is -2.14. The molecule has 18 heavy (non-hydrogen) atoms. The highest BCUT2D eigenvalue weighted by Crippen LogP contribution is 2.14. The first kappa shape index (κ1) is 14.8. The van der Waals surface area contributed by atoms with Gasteiger partial charge in [-0.3, -0.25) is 4.79 Å². The second-order valence-corrected chi connectivity index (χ2v) is 4.42. The number of ether oxygens (including phenoxy) is 1. The van der Waals surface area contributed by atoms with Gasteiger partial charge in [-0.15, -0.1) is 11.6 Å². The average Bonchev–Trinajstić information content (AvgIpc) is 2.42. The van der Waals surface area contributed by atoms with Gasteiger partial charge in [0.15, 0.2) is 0 Å². The largest absolute Gasteiger partial charge is 0.494 e. The van der Waals surface area contributed by atoms with E-state index in [4.69, 9.17) is 16.3 Å². The molecule has 0 aliphatic rings. The van der Waals surface area contributed by atoms with Crippen LogP contribution in [0.5, 0.6) is 5.75 Å². The number of halogens is 1. The van der Waals surface area contributed by atoms with Crippen molar-refractivity contribution in [2.24, 2.45) is 0 Å². The van der Waals surface area contributed by atoms with Crippen molar-refractivity contribution in [2.45, 2.75) is 32.7 Å². The number of amides is 1. The first-order chi connectivity index (χ1) is 8.71. The molecule has 1 aromatic carbocycles. The predicted octanol–water partition coefficient (Wildman–Crippen LogP) is 3.22. The molecule has 1 amide bonds. The van der Waals surface area contributed by atoms with E-state index in [2.05, 4.69) is 5.32 Å². The predicted molar refractivity (Wildman–Crippen MR) is 74.5 cm³/mol. The molecule has 0 fully saturated rings. The van der Waals surface area contributed by atoms with Crippen LogP contribution >= 0.6 is 11.6 Å². The van der Waals surface area contributed by atoms with E-state index in [0.29, 0.717) is 18.1 Å². The van der Waals surface area contributed by atoms with Crippen LogP contribution in [0.2, 0.25) is 0 Å². The molecule has 0 heterocycles. The van der Waals surface area contributed by atoms with Gasteiger partial charge in [0.2, 0.25) is 0 Å². The summed E-state index contributed by atoms with van der Waals surface area (Å²) in [6, 6.07) is 7.22. The van der Waals surface area contributed by atoms with Crippen LogP contribution in [0.1, 0.15) is 37.0 Å². The van der Waals surface area contributed by atoms with E-state index in [1.807, 2.05) is 26.0 Å². The quantitative estimate of drug-likeness (QED) is 0.772. The lowest BCUT2D eigenvalue weighted by atomic mass is 10.1. The Morgan fingerprint density at radius 1 is 1.44 bits per heavy atom. The summed E-state index contributed by atoms with van der Waals surface area (Å²) in [6.45, 7) is 4.70. The van der Waals surface area contributed by atoms with E-state index in [1.54, 1.807) is 12.1 Å². The molecule has 1 atom stereocenters. The number of hydrogen-bond acceptors (Lipinski definition) is 2. The van der Waals surface area contributed by atoms with Crippen LogP contribution in [0.25, 0.3) is 0 Å². The smallest absolute Gasteiger partial charge is 0.251 e. The van der Waals surface area contributed by atoms with Crippen LogP contribution in [0.3, 0.4) is 0 Å². The molecule has 0 bridgehead atoms. The maximum atomic E-state index is 12.0. The molecule has 0 spiro atoms. The van der Waals surface area contributed by atoms with Gasteiger partial charge < -0.3 is 10.1 Å². The molecule has 3 nitrogen and oxygen atoms in total. The van der Waals surface area contributed by atoms with E-state index in [9.17, 15) is 4.79 Å². The molecule has 0 aromatic heterocycles. The fourth-order valence-corrected chi connectivity index (χ4v) is 1.76. The Labute approximate surface area is 113 Å². The van der Waals surface area contributed by atoms with E-state index < -0.39 is 0 Å². The zero-order valence-electron chi connectivity index (χ0n) is 10.9. The zero-order valence-corrected chi connectivity index (χ0v) is 11.7. The number of benzene rings is 1. The summed E-state index contributed by atoms with van der Waals surface area (Å²) in [6.07, 6.45) is 1.77. The molecule has 0 saturated heterocycles. The molecule has 4 heteroatoms. The summed E-state index contributed by atoms with van der Waals surface area (Å²) < 4.78 is 5.50. The maximum Gasteiger partial charge on any atom is 0.251 e. The molecule has 1 unspecified atom stereocenters. The Morgan fingerprint density at radius 3 is 2.83 bits per heavy atom. The third kappa shape index (κ3) is 4.57. The van der Waals surface area contributed by atoms with Crippen LogP contribution in [0.4, 0.5) is 0 Å². The van der Waals surface area contributed by atoms with Crippen LogP contribution in [0, 0.1) is 0 Å². The van der Waals surface area contributed by atoms with E-state index in [-0.39, 0.29) is 11.9 Å². The Kier molecular flexibility index (Phi) is 6.58. The molecule has 0 aliphatic heterocycles. The number of carbonyl (C=O) groups is 1. The maximum absolute atomic E-state index is 12.0. The molecule has 0 radical (unpaired) electrons. The number of rotatable bonds is 7. The van der Waals surface area contributed by atoms with Gasteiger partial charge in [-0.05, 0) is 31.0 Å². The Balaban J connectivity index is 2.67. The molecular formula is C14H20ClNO2. The van der Waals surface area contributed by atoms with E-state index >= 15 is 0 Å². The van der Waals surface area contributed by atoms with Gasteiger partial charge in [0.1, 0.15) is 5.75 Å². The molecule has 1 aromatic rings. The van der Waals surface area contributed by atoms with Crippen molar-refractivity contribution in [3.63, 3.8) is 0 Å². The lowest BCUT2D eigenvalue weighted by molar-refractivity contribution is 0.0939. The first-order valence-corrected chi connectivity index (χ1v) is 6.84. The topological polar surface area (TPSA) is 38.3 Å². The molecule has 0 saturated carbocycles. The van der Waals surface area contributed by atoms with E-state index in [0.717, 1.165) is 18.6 Å². The summed E-state index contributed by atoms with van der Waals surface area (Å²) in [7, 11) is 0. The summed E-state index contributed by atoms with van der Waals surface area (Å²) >= 11 is 5.76. The second kappa shape index (κ2) is 7.98. The first-order valence-electron chi connectivity index (χ1n) is 6.30. The minimum Gasteiger partial charge on any atom is -0.494 e. The molecule has 100 valence electrons. The minimum absolute atomic E-state index is 0.0133. The van der Waals surface area contributed by atoms with Crippen molar-refractivity contribution >= 4 is 17.5 Å². The monoisotopic (exact) mass is 269 g/mol. The summed E-state index contributed by atoms with van der Waals surface area (Å²) in [5.41, 5.74) is 0.604. The van der Waals surface area contributed by atoms with Crippen LogP contribution in [-0.2, 0) is 0 Å². The fourth-order valence-electron chi connectivity index (χ4n) is 1.47. The molecular weight excluding hydrogens is 250 g/mol. The van der Waals surface area contributed by atoms with Crippen molar-refractivity contribution in [1.29, 1.82) is 0 Å². The number of nitrogens with one attached hydrogen (secondary N) is 1. The lowest BCUT2D eigenvalue weighted by Crippen LogP contribution is -2.35. The Hall–Kier alpha value is -1.22. The molecule has 1 N–H and O–H groups in total. The highest BCUT2D eigenvalue weighted by Gasteiger charge is 2.11. The van der Waals surface area contributed by atoms with Gasteiger partial charge in [0.25, 0.3) is 5.91 Å². The number of hydrogen-bond donors (Lipinski definition) is 1. The minimum atomic E-state index is -0.107. The summed E-state index contributed by atoms with van der Waals surface area (Å²) in [4.78, 5) is 12.0. The van der Waals surface area contributed by atoms with Gasteiger partial charge in [-0.25, -0.2) is 0 Å². The second-order valence-electron chi connectivity index (χ2n) is 4.11. The van der Waals surface area contributed by atoms with Crippen LogP contribution in [0.15, 0.2) is 24.3 Å². The summed E-state index contributed by atoms with van der Waals surface area (Å²) in [5, 5.41) is 2.89. The zero-order chi connectivity index (χ0) is 13.4. The highest BCUT2D eigenvalue weighted by molar-refractivity contribution is 6.18. The summed E-state index contributed by atoms with van der Waals surface area (Å²) in [5.74, 6) is 1.04. The van der Waals surface area contributed by atoms with Gasteiger partial charge in [-0.1, -0.05) is 19.9 Å². The Bertz CT molecular complexity index is 378. The van der Waals surface area contributed by atoms with Gasteiger partial charge in [-0.2, -0.15) is 0 Å². The van der Waals surface area contributed by atoms with Crippen molar-refractivity contribution in [2.75, 3.05) is 12.5 Å². The normalized spacial score (nSPS) is 11.9. The molecule has 0 aliphatic carbocycles. The van der Waals surface area contributed by atoms with Crippen LogP contribution in [-0.4, -0.2) is 24.4 Å². The van der Waals surface area contributed by atoms with Crippen molar-refractivity contribution < 1.29 is 9.53 Å². The highest BCUT2D eigenvalue weighted by atomic mass is 35.5. The third-order valence-electron chi connectivity index (χ3n) is 2.58. The molecule has 1 rings (SSSR count). The SMILES string of the molecule is CCCOc1cccc(C(=O)NC(CC)CCl)c1. The Morgan fingerprint density at radius 2 is 2.22 bits per heavy atom. The fraction of sp³-hybridized carbons (Fsp3) is 0.500. The van der Waals surface area contributed by atoms with Crippen molar-refractivity contribution in [3.05, 3.63) is 29.8 Å². The van der Waals surface area contributed by atoms with Gasteiger partial charge >= 0.3 is 0 Å². The van der Waals surface area contributed by atoms with Crippen molar-refractivity contribution in [1.82, 2.24) is 5.32 Å². The average molecular weight is 270 g/mol. The number of alkyl halides is 1. The third-order valence-corrected chi connectivity index (χ3v) is 2.96. The standard InChI is InChI=1S/C14H20ClNO2/c1-3-8-18-13-7-5-6-11(9-13)14(17)16-12(4-2)10-15/h5-7,9,12H,3-4,8,10H2,1-2H3,(H,16,17). The van der Waals surface area contributed by atoms with Crippen molar-refractivity contribution in [3.8, 4) is 5.75 Å². The number of carbonyl (C=O) groups excluding carboxylic acids is 1. The van der Waals surface area contributed by atoms with E-state index in [1.165, 1.54) is 0 Å². The van der Waals surface area contributed by atoms with Crippen LogP contribution < -0.4 is 10.1 Å².